The van der Waals surface area contributed by atoms with Gasteiger partial charge in [0, 0.05) is 37.1 Å². The quantitative estimate of drug-likeness (QED) is 0.613. The maximum absolute atomic E-state index is 10.9. The van der Waals surface area contributed by atoms with Crippen molar-refractivity contribution in [1.82, 2.24) is 9.97 Å². The number of anilines is 1. The highest BCUT2D eigenvalue weighted by molar-refractivity contribution is 5.88. The Morgan fingerprint density at radius 1 is 1.38 bits per heavy atom. The highest BCUT2D eigenvalue weighted by Crippen LogP contribution is 2.22. The van der Waals surface area contributed by atoms with Gasteiger partial charge in [0.05, 0.1) is 10.5 Å². The van der Waals surface area contributed by atoms with Gasteiger partial charge in [-0.2, -0.15) is 0 Å². The van der Waals surface area contributed by atoms with Crippen molar-refractivity contribution in [1.29, 1.82) is 0 Å². The number of nitrogens with one attached hydrogen (secondary N) is 1. The predicted molar refractivity (Wildman–Crippen MR) is 74.3 cm³/mol. The van der Waals surface area contributed by atoms with Crippen LogP contribution >= 0.6 is 0 Å². The van der Waals surface area contributed by atoms with E-state index in [0.717, 1.165) is 18.0 Å². The van der Waals surface area contributed by atoms with Gasteiger partial charge >= 0.3 is 11.7 Å². The van der Waals surface area contributed by atoms with Crippen molar-refractivity contribution < 1.29 is 14.8 Å². The predicted octanol–water partition coefficient (Wildman–Crippen LogP) is 1.74. The fourth-order valence-electron chi connectivity index (χ4n) is 1.70. The lowest BCUT2D eigenvalue weighted by Crippen LogP contribution is -2.10. The van der Waals surface area contributed by atoms with Crippen molar-refractivity contribution in [2.45, 2.75) is 6.42 Å². The summed E-state index contributed by atoms with van der Waals surface area (Å²) in [5, 5.41) is 22.6. The minimum absolute atomic E-state index is 0.0425. The van der Waals surface area contributed by atoms with Crippen molar-refractivity contribution in [3.05, 3.63) is 58.0 Å². The second-order valence-corrected chi connectivity index (χ2v) is 4.15. The molecule has 0 saturated heterocycles. The molecule has 108 valence electrons. The monoisotopic (exact) mass is 288 g/mol. The third-order valence-corrected chi connectivity index (χ3v) is 2.71. The summed E-state index contributed by atoms with van der Waals surface area (Å²) in [4.78, 5) is 29.0. The topological polar surface area (TPSA) is 118 Å². The van der Waals surface area contributed by atoms with Crippen molar-refractivity contribution in [3.63, 3.8) is 0 Å². The van der Waals surface area contributed by atoms with E-state index >= 15 is 0 Å². The molecule has 2 heterocycles. The van der Waals surface area contributed by atoms with Gasteiger partial charge in [-0.15, -0.1) is 0 Å². The number of carboxylic acid groups (broad SMARTS) is 1. The minimum Gasteiger partial charge on any atom is -0.478 e. The van der Waals surface area contributed by atoms with Gasteiger partial charge in [-0.25, -0.2) is 9.78 Å². The molecule has 2 rings (SSSR count). The standard InChI is InChI=1S/C13H12N4O4/c18-13(19)9-7-11(17(20)21)12(16-8-9)15-6-4-10-3-1-2-5-14-10/h1-3,5,7-8H,4,6H2,(H,15,16)(H,18,19). The van der Waals surface area contributed by atoms with Crippen LogP contribution in [0.15, 0.2) is 36.7 Å². The molecule has 2 N–H and O–H groups in total. The van der Waals surface area contributed by atoms with Crippen molar-refractivity contribution in [2.75, 3.05) is 11.9 Å². The second-order valence-electron chi connectivity index (χ2n) is 4.15. The normalized spacial score (nSPS) is 10.1. The molecule has 8 nitrogen and oxygen atoms in total. The molecule has 0 atom stereocenters. The van der Waals surface area contributed by atoms with E-state index in [0.29, 0.717) is 13.0 Å². The summed E-state index contributed by atoms with van der Waals surface area (Å²) in [5.74, 6) is -1.22. The Kier molecular flexibility index (Phi) is 4.39. The highest BCUT2D eigenvalue weighted by atomic mass is 16.6. The van der Waals surface area contributed by atoms with Gasteiger partial charge < -0.3 is 10.4 Å². The molecule has 0 aliphatic rings. The number of nitro groups is 1. The first-order chi connectivity index (χ1) is 10.1. The fraction of sp³-hybridized carbons (Fsp3) is 0.154. The highest BCUT2D eigenvalue weighted by Gasteiger charge is 2.18. The largest absolute Gasteiger partial charge is 0.478 e. The van der Waals surface area contributed by atoms with Crippen molar-refractivity contribution in [2.24, 2.45) is 0 Å². The Morgan fingerprint density at radius 2 is 2.19 bits per heavy atom. The molecule has 0 saturated carbocycles. The summed E-state index contributed by atoms with van der Waals surface area (Å²) in [6.45, 7) is 0.400. The maximum atomic E-state index is 10.9. The molecule has 2 aromatic rings. The third-order valence-electron chi connectivity index (χ3n) is 2.71. The molecular weight excluding hydrogens is 276 g/mol. The molecule has 0 amide bonds. The van der Waals surface area contributed by atoms with Gasteiger partial charge in [0.15, 0.2) is 0 Å². The smallest absolute Gasteiger partial charge is 0.337 e. The van der Waals surface area contributed by atoms with Crippen LogP contribution in [0.1, 0.15) is 16.1 Å². The van der Waals surface area contributed by atoms with Gasteiger partial charge in [0.2, 0.25) is 5.82 Å². The first-order valence-electron chi connectivity index (χ1n) is 6.09. The third kappa shape index (κ3) is 3.72. The van der Waals surface area contributed by atoms with E-state index in [-0.39, 0.29) is 17.1 Å². The summed E-state index contributed by atoms with van der Waals surface area (Å²) >= 11 is 0. The molecule has 0 unspecified atom stereocenters. The number of nitrogens with zero attached hydrogens (tertiary/aromatic N) is 3. The zero-order chi connectivity index (χ0) is 15.2. The summed E-state index contributed by atoms with van der Waals surface area (Å²) in [6.07, 6.45) is 3.32. The number of carboxylic acids is 1. The minimum atomic E-state index is -1.26. The van der Waals surface area contributed by atoms with Gasteiger partial charge in [0.1, 0.15) is 0 Å². The lowest BCUT2D eigenvalue weighted by Gasteiger charge is -2.06. The zero-order valence-electron chi connectivity index (χ0n) is 10.9. The molecule has 0 aromatic carbocycles. The molecule has 0 bridgehead atoms. The molecule has 21 heavy (non-hydrogen) atoms. The van der Waals surface area contributed by atoms with Crippen LogP contribution in [0.25, 0.3) is 0 Å². The van der Waals surface area contributed by atoms with E-state index in [4.69, 9.17) is 5.11 Å². The molecule has 0 aliphatic carbocycles. The number of carbonyl (C=O) groups is 1. The van der Waals surface area contributed by atoms with Gasteiger partial charge in [-0.3, -0.25) is 15.1 Å². The second kappa shape index (κ2) is 6.42. The number of hydrogen-bond donors (Lipinski definition) is 2. The van der Waals surface area contributed by atoms with Gasteiger partial charge in [0.25, 0.3) is 0 Å². The van der Waals surface area contributed by atoms with Gasteiger partial charge in [-0.1, -0.05) is 6.07 Å². The van der Waals surface area contributed by atoms with Crippen LogP contribution < -0.4 is 5.32 Å². The van der Waals surface area contributed by atoms with Crippen LogP contribution in [0, 0.1) is 10.1 Å². The Balaban J connectivity index is 2.09. The van der Waals surface area contributed by atoms with Crippen LogP contribution in [0.3, 0.4) is 0 Å². The fourth-order valence-corrected chi connectivity index (χ4v) is 1.70. The Bertz CT molecular complexity index is 660. The first-order valence-corrected chi connectivity index (χ1v) is 6.09. The zero-order valence-corrected chi connectivity index (χ0v) is 10.9. The van der Waals surface area contributed by atoms with Crippen molar-refractivity contribution in [3.8, 4) is 0 Å². The Labute approximate surface area is 119 Å². The van der Waals surface area contributed by atoms with Crippen LogP contribution in [-0.4, -0.2) is 32.5 Å². The Hall–Kier alpha value is -3.03. The molecule has 0 spiro atoms. The molecule has 2 aromatic heterocycles. The van der Waals surface area contributed by atoms with E-state index in [2.05, 4.69) is 15.3 Å². The number of aromatic carboxylic acids is 1. The average molecular weight is 288 g/mol. The molecule has 0 fully saturated rings. The van der Waals surface area contributed by atoms with Crippen LogP contribution in [0.2, 0.25) is 0 Å². The maximum Gasteiger partial charge on any atom is 0.337 e. The Morgan fingerprint density at radius 3 is 2.81 bits per heavy atom. The molecule has 0 radical (unpaired) electrons. The number of rotatable bonds is 6. The molecule has 8 heteroatoms. The summed E-state index contributed by atoms with van der Waals surface area (Å²) in [5.41, 5.74) is 0.253. The summed E-state index contributed by atoms with van der Waals surface area (Å²) < 4.78 is 0. The van der Waals surface area contributed by atoms with E-state index in [1.165, 1.54) is 0 Å². The van der Waals surface area contributed by atoms with Crippen LogP contribution in [0.5, 0.6) is 0 Å². The number of pyridine rings is 2. The summed E-state index contributed by atoms with van der Waals surface area (Å²) in [6, 6.07) is 6.48. The SMILES string of the molecule is O=C(O)c1cnc(NCCc2ccccn2)c([N+](=O)[O-])c1. The summed E-state index contributed by atoms with van der Waals surface area (Å²) in [7, 11) is 0. The first kappa shape index (κ1) is 14.4. The number of hydrogen-bond acceptors (Lipinski definition) is 6. The van der Waals surface area contributed by atoms with Gasteiger partial charge in [-0.05, 0) is 12.1 Å². The lowest BCUT2D eigenvalue weighted by atomic mass is 10.2. The molecular formula is C13H12N4O4. The average Bonchev–Trinajstić information content (AvgIpc) is 2.48. The van der Waals surface area contributed by atoms with Crippen LogP contribution in [-0.2, 0) is 6.42 Å². The number of aromatic nitrogens is 2. The van der Waals surface area contributed by atoms with E-state index in [9.17, 15) is 14.9 Å². The van der Waals surface area contributed by atoms with Crippen molar-refractivity contribution >= 4 is 17.5 Å². The molecule has 0 aliphatic heterocycles. The van der Waals surface area contributed by atoms with Crippen LogP contribution in [0.4, 0.5) is 11.5 Å². The van der Waals surface area contributed by atoms with E-state index in [1.807, 2.05) is 12.1 Å². The lowest BCUT2D eigenvalue weighted by molar-refractivity contribution is -0.384. The van der Waals surface area contributed by atoms with E-state index in [1.54, 1.807) is 12.3 Å². The van der Waals surface area contributed by atoms with E-state index < -0.39 is 10.9 Å².